The van der Waals surface area contributed by atoms with Gasteiger partial charge in [-0.1, -0.05) is 33.6 Å². The molecule has 4 rings (SSSR count). The fourth-order valence-electron chi connectivity index (χ4n) is 4.26. The van der Waals surface area contributed by atoms with E-state index < -0.39 is 0 Å². The van der Waals surface area contributed by atoms with E-state index >= 15 is 0 Å². The number of carbonyl (C=O) groups excluding carboxylic acids is 3. The van der Waals surface area contributed by atoms with Crippen molar-refractivity contribution in [2.75, 3.05) is 11.9 Å². The van der Waals surface area contributed by atoms with Gasteiger partial charge >= 0.3 is 0 Å². The Labute approximate surface area is 181 Å². The van der Waals surface area contributed by atoms with Crippen LogP contribution in [0.2, 0.25) is 0 Å². The predicted molar refractivity (Wildman–Crippen MR) is 113 cm³/mol. The molecule has 2 aliphatic rings. The second kappa shape index (κ2) is 8.20. The highest BCUT2D eigenvalue weighted by molar-refractivity contribution is 6.05. The average molecular weight is 425 g/mol. The Morgan fingerprint density at radius 2 is 1.71 bits per heavy atom. The highest BCUT2D eigenvalue weighted by atomic mass is 16.2. The average Bonchev–Trinajstić information content (AvgIpc) is 3.27. The Bertz CT molecular complexity index is 970. The van der Waals surface area contributed by atoms with Gasteiger partial charge in [0.25, 0.3) is 5.95 Å². The lowest BCUT2D eigenvalue weighted by Crippen LogP contribution is -2.34. The van der Waals surface area contributed by atoms with Crippen molar-refractivity contribution in [3.8, 4) is 5.95 Å². The fourth-order valence-corrected chi connectivity index (χ4v) is 4.26. The maximum atomic E-state index is 12.7. The Morgan fingerprint density at radius 1 is 1.10 bits per heavy atom. The number of hydrogen-bond donors (Lipinski definition) is 1. The zero-order valence-corrected chi connectivity index (χ0v) is 18.2. The van der Waals surface area contributed by atoms with Crippen LogP contribution in [0, 0.1) is 11.8 Å². The van der Waals surface area contributed by atoms with Crippen molar-refractivity contribution in [1.82, 2.24) is 24.6 Å². The number of nitrogens with zero attached hydrogens (tertiary/aromatic N) is 5. The van der Waals surface area contributed by atoms with Gasteiger partial charge in [0.1, 0.15) is 5.82 Å². The molecule has 1 aliphatic carbocycles. The normalized spacial score (nSPS) is 21.3. The van der Waals surface area contributed by atoms with E-state index in [1.165, 1.54) is 9.58 Å². The van der Waals surface area contributed by atoms with Crippen LogP contribution >= 0.6 is 0 Å². The largest absolute Gasteiger partial charge is 0.310 e. The molecule has 1 saturated heterocycles. The summed E-state index contributed by atoms with van der Waals surface area (Å²) >= 11 is 0. The number of hydrogen-bond acceptors (Lipinski definition) is 6. The molecule has 1 aliphatic heterocycles. The van der Waals surface area contributed by atoms with Gasteiger partial charge in [0.2, 0.25) is 17.7 Å². The molecule has 2 fully saturated rings. The van der Waals surface area contributed by atoms with E-state index in [-0.39, 0.29) is 47.9 Å². The van der Waals surface area contributed by atoms with Gasteiger partial charge in [-0.15, -0.1) is 0 Å². The fraction of sp³-hybridized carbons (Fsp3) is 0.545. The van der Waals surface area contributed by atoms with Crippen LogP contribution in [-0.2, 0) is 19.8 Å². The topological polar surface area (TPSA) is 110 Å². The summed E-state index contributed by atoms with van der Waals surface area (Å²) in [5.74, 6) is -0.143. The van der Waals surface area contributed by atoms with Crippen LogP contribution < -0.4 is 5.32 Å². The molecule has 2 atom stereocenters. The molecular weight excluding hydrogens is 396 g/mol. The van der Waals surface area contributed by atoms with Crippen LogP contribution in [0.1, 0.15) is 58.6 Å². The molecule has 0 bridgehead atoms. The first-order valence-corrected chi connectivity index (χ1v) is 10.8. The highest BCUT2D eigenvalue weighted by Crippen LogP contribution is 2.38. The third-order valence-electron chi connectivity index (χ3n) is 5.98. The summed E-state index contributed by atoms with van der Waals surface area (Å²) in [6.07, 6.45) is 6.75. The van der Waals surface area contributed by atoms with Gasteiger partial charge in [0.05, 0.1) is 17.5 Å². The maximum Gasteiger partial charge on any atom is 0.252 e. The predicted octanol–water partition coefficient (Wildman–Crippen LogP) is 2.46. The van der Waals surface area contributed by atoms with Crippen molar-refractivity contribution >= 4 is 23.5 Å². The number of nitrogens with one attached hydrogen (secondary N) is 1. The summed E-state index contributed by atoms with van der Waals surface area (Å²) in [5.41, 5.74) is 0.550. The Hall–Kier alpha value is -3.10. The van der Waals surface area contributed by atoms with Crippen molar-refractivity contribution in [3.63, 3.8) is 0 Å². The van der Waals surface area contributed by atoms with E-state index in [4.69, 9.17) is 0 Å². The lowest BCUT2D eigenvalue weighted by molar-refractivity contribution is -0.140. The van der Waals surface area contributed by atoms with Gasteiger partial charge in [0, 0.05) is 36.8 Å². The third-order valence-corrected chi connectivity index (χ3v) is 5.98. The molecule has 1 N–H and O–H groups in total. The molecule has 3 amide bonds. The summed E-state index contributed by atoms with van der Waals surface area (Å²) in [6.45, 7) is 6.18. The summed E-state index contributed by atoms with van der Waals surface area (Å²) in [7, 11) is 0. The van der Waals surface area contributed by atoms with Crippen LogP contribution in [0.15, 0.2) is 24.5 Å². The number of amides is 3. The number of fused-ring (bicyclic) bond motifs is 1. The van der Waals surface area contributed by atoms with E-state index in [0.717, 1.165) is 31.4 Å². The van der Waals surface area contributed by atoms with Crippen molar-refractivity contribution in [2.24, 2.45) is 11.8 Å². The first-order valence-electron chi connectivity index (χ1n) is 10.8. The summed E-state index contributed by atoms with van der Waals surface area (Å²) in [5, 5.41) is 7.42. The Balaban J connectivity index is 1.47. The monoisotopic (exact) mass is 424 g/mol. The summed E-state index contributed by atoms with van der Waals surface area (Å²) < 4.78 is 1.50. The van der Waals surface area contributed by atoms with Crippen molar-refractivity contribution in [2.45, 2.75) is 58.3 Å². The van der Waals surface area contributed by atoms with Crippen molar-refractivity contribution in [3.05, 3.63) is 30.2 Å². The standard InChI is InChI=1S/C22H28N6O3/c1-22(2,3)16-13-17(28(26-16)21-23-10-6-11-24-21)25-18(29)9-12-27-19(30)14-7-4-5-8-15(14)20(27)31/h6,10-11,13-15H,4-5,7-9,12H2,1-3H3,(H,25,29). The van der Waals surface area contributed by atoms with Crippen molar-refractivity contribution in [1.29, 1.82) is 0 Å². The molecule has 9 nitrogen and oxygen atoms in total. The van der Waals surface area contributed by atoms with Gasteiger partial charge in [-0.05, 0) is 18.9 Å². The van der Waals surface area contributed by atoms with Gasteiger partial charge in [0.15, 0.2) is 0 Å². The maximum absolute atomic E-state index is 12.7. The molecule has 2 aromatic rings. The molecule has 2 unspecified atom stereocenters. The number of imide groups is 1. The Kier molecular flexibility index (Phi) is 5.60. The Morgan fingerprint density at radius 3 is 2.29 bits per heavy atom. The summed E-state index contributed by atoms with van der Waals surface area (Å²) in [4.78, 5) is 47.7. The molecule has 9 heteroatoms. The zero-order chi connectivity index (χ0) is 22.2. The summed E-state index contributed by atoms with van der Waals surface area (Å²) in [6, 6.07) is 3.51. The minimum Gasteiger partial charge on any atom is -0.310 e. The third kappa shape index (κ3) is 4.22. The van der Waals surface area contributed by atoms with E-state index in [1.807, 2.05) is 20.8 Å². The molecular formula is C22H28N6O3. The van der Waals surface area contributed by atoms with Gasteiger partial charge in [-0.2, -0.15) is 9.78 Å². The number of likely N-dealkylation sites (tertiary alicyclic amines) is 1. The first kappa shape index (κ1) is 21.1. The molecule has 0 radical (unpaired) electrons. The molecule has 3 heterocycles. The van der Waals surface area contributed by atoms with Gasteiger partial charge < -0.3 is 5.32 Å². The molecule has 31 heavy (non-hydrogen) atoms. The van der Waals surface area contributed by atoms with E-state index in [2.05, 4.69) is 20.4 Å². The smallest absolute Gasteiger partial charge is 0.252 e. The van der Waals surface area contributed by atoms with E-state index in [9.17, 15) is 14.4 Å². The molecule has 1 saturated carbocycles. The first-order chi connectivity index (χ1) is 14.8. The second-order valence-electron chi connectivity index (χ2n) is 9.25. The van der Waals surface area contributed by atoms with Crippen LogP contribution in [0.3, 0.4) is 0 Å². The number of carbonyl (C=O) groups is 3. The van der Waals surface area contributed by atoms with Crippen LogP contribution in [0.5, 0.6) is 0 Å². The molecule has 0 aromatic carbocycles. The van der Waals surface area contributed by atoms with Crippen LogP contribution in [-0.4, -0.2) is 48.9 Å². The van der Waals surface area contributed by atoms with Crippen molar-refractivity contribution < 1.29 is 14.4 Å². The van der Waals surface area contributed by atoms with E-state index in [1.54, 1.807) is 24.5 Å². The molecule has 2 aromatic heterocycles. The van der Waals surface area contributed by atoms with Gasteiger partial charge in [-0.25, -0.2) is 9.97 Å². The lowest BCUT2D eigenvalue weighted by Gasteiger charge is -2.19. The SMILES string of the molecule is CC(C)(C)c1cc(NC(=O)CCN2C(=O)C3CCCCC3C2=O)n(-c2ncccn2)n1. The second-order valence-corrected chi connectivity index (χ2v) is 9.25. The minimum atomic E-state index is -0.298. The van der Waals surface area contributed by atoms with E-state index in [0.29, 0.717) is 11.8 Å². The molecule has 164 valence electrons. The highest BCUT2D eigenvalue weighted by Gasteiger charge is 2.47. The lowest BCUT2D eigenvalue weighted by atomic mass is 9.81. The van der Waals surface area contributed by atoms with Crippen LogP contribution in [0.25, 0.3) is 5.95 Å². The molecule has 0 spiro atoms. The van der Waals surface area contributed by atoms with Gasteiger partial charge in [-0.3, -0.25) is 19.3 Å². The number of rotatable bonds is 5. The quantitative estimate of drug-likeness (QED) is 0.739. The number of aromatic nitrogens is 4. The van der Waals surface area contributed by atoms with Crippen LogP contribution in [0.4, 0.5) is 5.82 Å². The minimum absolute atomic E-state index is 0.0304. The number of anilines is 1. The zero-order valence-electron chi connectivity index (χ0n) is 18.2.